The Labute approximate surface area is 118 Å². The Hall–Kier alpha value is -1.02. The van der Waals surface area contributed by atoms with E-state index in [1.807, 2.05) is 0 Å². The van der Waals surface area contributed by atoms with Gasteiger partial charge in [0.15, 0.2) is 0 Å². The average molecular weight is 263 g/mol. The Morgan fingerprint density at radius 2 is 1.63 bits per heavy atom. The van der Waals surface area contributed by atoms with Crippen LogP contribution in [0.4, 0.5) is 0 Å². The van der Waals surface area contributed by atoms with Crippen LogP contribution in [0.1, 0.15) is 57.9 Å². The molecule has 0 amide bonds. The summed E-state index contributed by atoms with van der Waals surface area (Å²) in [7, 11) is 0. The van der Waals surface area contributed by atoms with Gasteiger partial charge in [-0.25, -0.2) is 0 Å². The van der Waals surface area contributed by atoms with Crippen LogP contribution in [-0.4, -0.2) is 13.2 Å². The second-order valence-electron chi connectivity index (χ2n) is 5.08. The molecule has 19 heavy (non-hydrogen) atoms. The third-order valence-electron chi connectivity index (χ3n) is 3.18. The van der Waals surface area contributed by atoms with Gasteiger partial charge in [-0.05, 0) is 37.1 Å². The van der Waals surface area contributed by atoms with Gasteiger partial charge in [-0.1, -0.05) is 51.7 Å². The molecule has 1 rings (SSSR count). The molecule has 0 saturated carbocycles. The zero-order valence-corrected chi connectivity index (χ0v) is 12.6. The lowest BCUT2D eigenvalue weighted by atomic mass is 10.1. The predicted molar refractivity (Wildman–Crippen MR) is 82.7 cm³/mol. The topological polar surface area (TPSA) is 21.3 Å². The van der Waals surface area contributed by atoms with E-state index in [1.165, 1.54) is 37.7 Å². The van der Waals surface area contributed by atoms with Gasteiger partial charge in [0.2, 0.25) is 0 Å². The summed E-state index contributed by atoms with van der Waals surface area (Å²) in [6.45, 7) is 7.26. The van der Waals surface area contributed by atoms with Crippen LogP contribution in [0.15, 0.2) is 24.3 Å². The maximum Gasteiger partial charge on any atom is 0.119 e. The van der Waals surface area contributed by atoms with Crippen molar-refractivity contribution in [2.75, 3.05) is 13.2 Å². The fraction of sp³-hybridized carbons (Fsp3) is 0.647. The minimum atomic E-state index is 0.801. The van der Waals surface area contributed by atoms with Crippen LogP contribution in [0.3, 0.4) is 0 Å². The summed E-state index contributed by atoms with van der Waals surface area (Å²) >= 11 is 0. The minimum absolute atomic E-state index is 0.801. The molecule has 0 bridgehead atoms. The SMILES string of the molecule is CCCCCCCNCc1ccc(OCCC)cc1. The molecule has 0 saturated heterocycles. The lowest BCUT2D eigenvalue weighted by Crippen LogP contribution is -2.14. The van der Waals surface area contributed by atoms with Gasteiger partial charge in [0.25, 0.3) is 0 Å². The Bertz CT molecular complexity index is 308. The highest BCUT2D eigenvalue weighted by Crippen LogP contribution is 2.12. The molecule has 0 atom stereocenters. The number of benzene rings is 1. The molecule has 0 unspecified atom stereocenters. The summed E-state index contributed by atoms with van der Waals surface area (Å²) in [6, 6.07) is 8.42. The lowest BCUT2D eigenvalue weighted by molar-refractivity contribution is 0.317. The molecular weight excluding hydrogens is 234 g/mol. The van der Waals surface area contributed by atoms with E-state index >= 15 is 0 Å². The van der Waals surface area contributed by atoms with Gasteiger partial charge < -0.3 is 10.1 Å². The zero-order valence-electron chi connectivity index (χ0n) is 12.6. The first-order valence-corrected chi connectivity index (χ1v) is 7.79. The molecule has 0 aliphatic rings. The molecule has 0 radical (unpaired) electrons. The third-order valence-corrected chi connectivity index (χ3v) is 3.18. The summed E-state index contributed by atoms with van der Waals surface area (Å²) in [5.41, 5.74) is 1.33. The van der Waals surface area contributed by atoms with E-state index in [9.17, 15) is 0 Å². The van der Waals surface area contributed by atoms with Crippen molar-refractivity contribution < 1.29 is 4.74 Å². The monoisotopic (exact) mass is 263 g/mol. The van der Waals surface area contributed by atoms with Crippen LogP contribution < -0.4 is 10.1 Å². The van der Waals surface area contributed by atoms with Crippen LogP contribution >= 0.6 is 0 Å². The molecule has 1 aromatic rings. The van der Waals surface area contributed by atoms with E-state index in [-0.39, 0.29) is 0 Å². The Morgan fingerprint density at radius 3 is 2.32 bits per heavy atom. The van der Waals surface area contributed by atoms with Gasteiger partial charge >= 0.3 is 0 Å². The van der Waals surface area contributed by atoms with Crippen molar-refractivity contribution in [2.24, 2.45) is 0 Å². The summed E-state index contributed by atoms with van der Waals surface area (Å²) < 4.78 is 5.57. The first kappa shape index (κ1) is 16.0. The first-order valence-electron chi connectivity index (χ1n) is 7.79. The summed E-state index contributed by atoms with van der Waals surface area (Å²) in [6.07, 6.45) is 7.77. The molecule has 0 aliphatic heterocycles. The summed E-state index contributed by atoms with van der Waals surface area (Å²) in [5, 5.41) is 3.50. The third kappa shape index (κ3) is 7.89. The standard InChI is InChI=1S/C17H29NO/c1-3-5-6-7-8-13-18-15-16-9-11-17(12-10-16)19-14-4-2/h9-12,18H,3-8,13-15H2,1-2H3. The normalized spacial score (nSPS) is 10.6. The molecule has 0 spiro atoms. The highest BCUT2D eigenvalue weighted by Gasteiger charge is 1.95. The molecule has 0 fully saturated rings. The molecule has 2 nitrogen and oxygen atoms in total. The van der Waals surface area contributed by atoms with E-state index < -0.39 is 0 Å². The quantitative estimate of drug-likeness (QED) is 0.592. The predicted octanol–water partition coefficient (Wildman–Crippen LogP) is 4.54. The molecule has 1 aromatic carbocycles. The Morgan fingerprint density at radius 1 is 0.895 bits per heavy atom. The molecule has 2 heteroatoms. The van der Waals surface area contributed by atoms with Crippen molar-refractivity contribution in [3.8, 4) is 5.75 Å². The fourth-order valence-corrected chi connectivity index (χ4v) is 2.01. The van der Waals surface area contributed by atoms with Crippen LogP contribution in [0.2, 0.25) is 0 Å². The van der Waals surface area contributed by atoms with Crippen LogP contribution in [-0.2, 0) is 6.54 Å². The van der Waals surface area contributed by atoms with Gasteiger partial charge in [-0.2, -0.15) is 0 Å². The van der Waals surface area contributed by atoms with Crippen molar-refractivity contribution in [2.45, 2.75) is 58.9 Å². The molecule has 0 aromatic heterocycles. The smallest absolute Gasteiger partial charge is 0.119 e. The number of nitrogens with one attached hydrogen (secondary N) is 1. The number of ether oxygens (including phenoxy) is 1. The number of hydrogen-bond acceptors (Lipinski definition) is 2. The second kappa shape index (κ2) is 10.9. The highest BCUT2D eigenvalue weighted by molar-refractivity contribution is 5.27. The van der Waals surface area contributed by atoms with E-state index in [2.05, 4.69) is 43.4 Å². The number of unbranched alkanes of at least 4 members (excludes halogenated alkanes) is 4. The van der Waals surface area contributed by atoms with E-state index in [0.717, 1.165) is 31.9 Å². The van der Waals surface area contributed by atoms with E-state index in [0.29, 0.717) is 0 Å². The maximum atomic E-state index is 5.57. The molecule has 108 valence electrons. The zero-order chi connectivity index (χ0) is 13.8. The summed E-state index contributed by atoms with van der Waals surface area (Å²) in [5.74, 6) is 0.977. The van der Waals surface area contributed by atoms with Gasteiger partial charge in [-0.3, -0.25) is 0 Å². The Balaban J connectivity index is 2.09. The fourth-order valence-electron chi connectivity index (χ4n) is 2.01. The highest BCUT2D eigenvalue weighted by atomic mass is 16.5. The van der Waals surface area contributed by atoms with Gasteiger partial charge in [0.1, 0.15) is 5.75 Å². The molecule has 0 heterocycles. The molecular formula is C17H29NO. The van der Waals surface area contributed by atoms with Gasteiger partial charge in [0, 0.05) is 6.54 Å². The minimum Gasteiger partial charge on any atom is -0.494 e. The average Bonchev–Trinajstić information content (AvgIpc) is 2.45. The maximum absolute atomic E-state index is 5.57. The van der Waals surface area contributed by atoms with Gasteiger partial charge in [-0.15, -0.1) is 0 Å². The number of hydrogen-bond donors (Lipinski definition) is 1. The molecule has 0 aliphatic carbocycles. The van der Waals surface area contributed by atoms with Crippen LogP contribution in [0.5, 0.6) is 5.75 Å². The first-order chi connectivity index (χ1) is 9.36. The summed E-state index contributed by atoms with van der Waals surface area (Å²) in [4.78, 5) is 0. The van der Waals surface area contributed by atoms with Crippen molar-refractivity contribution in [1.29, 1.82) is 0 Å². The van der Waals surface area contributed by atoms with Crippen LogP contribution in [0, 0.1) is 0 Å². The van der Waals surface area contributed by atoms with Gasteiger partial charge in [0.05, 0.1) is 6.61 Å². The lowest BCUT2D eigenvalue weighted by Gasteiger charge is -2.07. The van der Waals surface area contributed by atoms with Crippen molar-refractivity contribution in [3.05, 3.63) is 29.8 Å². The van der Waals surface area contributed by atoms with E-state index in [4.69, 9.17) is 4.74 Å². The largest absolute Gasteiger partial charge is 0.494 e. The second-order valence-corrected chi connectivity index (χ2v) is 5.08. The van der Waals surface area contributed by atoms with Crippen LogP contribution in [0.25, 0.3) is 0 Å². The van der Waals surface area contributed by atoms with Crippen molar-refractivity contribution in [3.63, 3.8) is 0 Å². The molecule has 1 N–H and O–H groups in total. The van der Waals surface area contributed by atoms with Crippen molar-refractivity contribution >= 4 is 0 Å². The number of rotatable bonds is 11. The van der Waals surface area contributed by atoms with Crippen molar-refractivity contribution in [1.82, 2.24) is 5.32 Å². The Kier molecular flexibility index (Phi) is 9.17. The van der Waals surface area contributed by atoms with E-state index in [1.54, 1.807) is 0 Å².